The molecule has 0 atom stereocenters. The van der Waals surface area contributed by atoms with E-state index in [1.165, 1.54) is 18.2 Å². The van der Waals surface area contributed by atoms with Gasteiger partial charge in [0.1, 0.15) is 5.03 Å². The molecule has 0 saturated heterocycles. The van der Waals surface area contributed by atoms with E-state index in [9.17, 15) is 18.0 Å². The normalized spacial score (nSPS) is 11.3. The van der Waals surface area contributed by atoms with Gasteiger partial charge in [0.25, 0.3) is 0 Å². The number of benzene rings is 2. The number of halogens is 3. The summed E-state index contributed by atoms with van der Waals surface area (Å²) in [7, 11) is 0. The maximum Gasteiger partial charge on any atom is 0.418 e. The maximum absolute atomic E-state index is 13.0. The zero-order valence-electron chi connectivity index (χ0n) is 16.5. The molecule has 1 amide bonds. The predicted octanol–water partition coefficient (Wildman–Crippen LogP) is 5.08. The third kappa shape index (κ3) is 5.14. The number of thioether (sulfide) groups is 1. The summed E-state index contributed by atoms with van der Waals surface area (Å²) in [6.07, 6.45) is 0.706. The highest BCUT2D eigenvalue weighted by Gasteiger charge is 2.33. The molecule has 1 N–H and O–H groups in total. The summed E-state index contributed by atoms with van der Waals surface area (Å²) in [5, 5.41) is 11.1. The smallest absolute Gasteiger partial charge is 0.325 e. The molecule has 6 nitrogen and oxygen atoms in total. The van der Waals surface area contributed by atoms with Crippen molar-refractivity contribution in [3.63, 3.8) is 0 Å². The Morgan fingerprint density at radius 3 is 2.44 bits per heavy atom. The van der Waals surface area contributed by atoms with Gasteiger partial charge in [-0.3, -0.25) is 4.79 Å². The van der Waals surface area contributed by atoms with Gasteiger partial charge in [-0.05, 0) is 36.4 Å². The number of nitrogens with one attached hydrogen (secondary N) is 1. The fourth-order valence-corrected chi connectivity index (χ4v) is 3.55. The van der Waals surface area contributed by atoms with E-state index < -0.39 is 17.6 Å². The van der Waals surface area contributed by atoms with Gasteiger partial charge in [-0.1, -0.05) is 36.0 Å². The largest absolute Gasteiger partial charge is 0.418 e. The van der Waals surface area contributed by atoms with Gasteiger partial charge < -0.3 is 9.88 Å². The van der Waals surface area contributed by atoms with Crippen LogP contribution in [0.2, 0.25) is 0 Å². The maximum atomic E-state index is 13.0. The number of alkyl halides is 3. The summed E-state index contributed by atoms with van der Waals surface area (Å²) in [6, 6.07) is 16.0. The molecular formula is C22H16F3N5OS. The molecule has 2 aromatic carbocycles. The van der Waals surface area contributed by atoms with E-state index >= 15 is 0 Å². The highest BCUT2D eigenvalue weighted by molar-refractivity contribution is 7.99. The molecule has 2 aromatic heterocycles. The summed E-state index contributed by atoms with van der Waals surface area (Å²) in [4.78, 5) is 16.1. The number of aromatic nitrogens is 4. The number of hydrogen-bond donors (Lipinski definition) is 1. The molecule has 32 heavy (non-hydrogen) atoms. The summed E-state index contributed by atoms with van der Waals surface area (Å²) in [6.45, 7) is 0. The fourth-order valence-electron chi connectivity index (χ4n) is 2.93. The first-order chi connectivity index (χ1) is 15.4. The third-order valence-electron chi connectivity index (χ3n) is 4.46. The van der Waals surface area contributed by atoms with Crippen LogP contribution in [0.4, 0.5) is 18.9 Å². The van der Waals surface area contributed by atoms with Crippen LogP contribution in [0.25, 0.3) is 16.9 Å². The number of rotatable bonds is 6. The first kappa shape index (κ1) is 21.6. The molecule has 2 heterocycles. The molecule has 0 unspecified atom stereocenters. The van der Waals surface area contributed by atoms with Gasteiger partial charge in [0, 0.05) is 23.6 Å². The molecular weight excluding hydrogens is 439 g/mol. The minimum atomic E-state index is -4.55. The number of para-hydroxylation sites is 1. The first-order valence-corrected chi connectivity index (χ1v) is 10.4. The van der Waals surface area contributed by atoms with E-state index in [1.807, 2.05) is 35.0 Å². The second-order valence-corrected chi connectivity index (χ2v) is 7.65. The first-order valence-electron chi connectivity index (χ1n) is 9.41. The van der Waals surface area contributed by atoms with Crippen LogP contribution in [-0.4, -0.2) is 31.4 Å². The Balaban J connectivity index is 1.36. The lowest BCUT2D eigenvalue weighted by Crippen LogP contribution is -2.18. The SMILES string of the molecule is O=C(CSc1ccc(-c2ccc(-n3ccnc3)cc2)nn1)Nc1ccccc1C(F)(F)F. The van der Waals surface area contributed by atoms with Gasteiger partial charge in [0.2, 0.25) is 5.91 Å². The van der Waals surface area contributed by atoms with Crippen LogP contribution >= 0.6 is 11.8 Å². The molecule has 0 aliphatic rings. The second-order valence-electron chi connectivity index (χ2n) is 6.65. The molecule has 0 bridgehead atoms. The van der Waals surface area contributed by atoms with Crippen molar-refractivity contribution in [3.8, 4) is 16.9 Å². The van der Waals surface area contributed by atoms with Crippen molar-refractivity contribution in [2.75, 3.05) is 11.1 Å². The van der Waals surface area contributed by atoms with Gasteiger partial charge in [0.15, 0.2) is 0 Å². The molecule has 0 radical (unpaired) electrons. The average molecular weight is 455 g/mol. The van der Waals surface area contributed by atoms with Crippen LogP contribution < -0.4 is 5.32 Å². The Kier molecular flexibility index (Phi) is 6.22. The second kappa shape index (κ2) is 9.23. The molecule has 0 spiro atoms. The molecule has 0 saturated carbocycles. The molecule has 4 aromatic rings. The zero-order valence-corrected chi connectivity index (χ0v) is 17.3. The Labute approximate surface area is 185 Å². The highest BCUT2D eigenvalue weighted by atomic mass is 32.2. The minimum Gasteiger partial charge on any atom is -0.325 e. The highest BCUT2D eigenvalue weighted by Crippen LogP contribution is 2.34. The lowest BCUT2D eigenvalue weighted by Gasteiger charge is -2.13. The Morgan fingerprint density at radius 2 is 1.78 bits per heavy atom. The van der Waals surface area contributed by atoms with Gasteiger partial charge in [-0.25, -0.2) is 4.98 Å². The zero-order chi connectivity index (χ0) is 22.6. The van der Waals surface area contributed by atoms with E-state index in [1.54, 1.807) is 24.7 Å². The van der Waals surface area contributed by atoms with Crippen molar-refractivity contribution in [3.05, 3.63) is 84.9 Å². The molecule has 0 aliphatic carbocycles. The molecule has 162 valence electrons. The van der Waals surface area contributed by atoms with E-state index in [2.05, 4.69) is 20.5 Å². The van der Waals surface area contributed by atoms with Gasteiger partial charge in [-0.15, -0.1) is 10.2 Å². The number of amides is 1. The van der Waals surface area contributed by atoms with Crippen LogP contribution in [0.5, 0.6) is 0 Å². The van der Waals surface area contributed by atoms with Crippen molar-refractivity contribution in [2.24, 2.45) is 0 Å². The van der Waals surface area contributed by atoms with Crippen LogP contribution in [0, 0.1) is 0 Å². The summed E-state index contributed by atoms with van der Waals surface area (Å²) in [5.74, 6) is -0.660. The summed E-state index contributed by atoms with van der Waals surface area (Å²) < 4.78 is 41.0. The predicted molar refractivity (Wildman–Crippen MR) is 115 cm³/mol. The number of hydrogen-bond acceptors (Lipinski definition) is 5. The molecule has 0 fully saturated rings. The third-order valence-corrected chi connectivity index (χ3v) is 5.38. The van der Waals surface area contributed by atoms with E-state index in [0.29, 0.717) is 10.7 Å². The number of imidazole rings is 1. The van der Waals surface area contributed by atoms with E-state index in [-0.39, 0.29) is 11.4 Å². The lowest BCUT2D eigenvalue weighted by atomic mass is 10.1. The van der Waals surface area contributed by atoms with E-state index in [0.717, 1.165) is 29.1 Å². The van der Waals surface area contributed by atoms with Crippen molar-refractivity contribution < 1.29 is 18.0 Å². The van der Waals surface area contributed by atoms with Crippen LogP contribution in [0.1, 0.15) is 5.56 Å². The Hall–Kier alpha value is -3.66. The standard InChI is InChI=1S/C22H16F3N5OS/c23-22(24,25)17-3-1-2-4-19(17)27-20(31)13-32-21-10-9-18(28-29-21)15-5-7-16(8-6-15)30-12-11-26-14-30/h1-12,14H,13H2,(H,27,31). The lowest BCUT2D eigenvalue weighted by molar-refractivity contribution is -0.137. The van der Waals surface area contributed by atoms with Crippen LogP contribution in [0.15, 0.2) is 84.4 Å². The fraction of sp³-hybridized carbons (Fsp3) is 0.0909. The summed E-state index contributed by atoms with van der Waals surface area (Å²) in [5.41, 5.74) is 1.34. The Morgan fingerprint density at radius 1 is 1.00 bits per heavy atom. The summed E-state index contributed by atoms with van der Waals surface area (Å²) >= 11 is 1.09. The van der Waals surface area contributed by atoms with Crippen molar-refractivity contribution in [1.82, 2.24) is 19.7 Å². The van der Waals surface area contributed by atoms with Crippen LogP contribution in [-0.2, 0) is 11.0 Å². The topological polar surface area (TPSA) is 72.7 Å². The quantitative estimate of drug-likeness (QED) is 0.411. The number of carbonyl (C=O) groups is 1. The van der Waals surface area contributed by atoms with Crippen molar-refractivity contribution in [2.45, 2.75) is 11.2 Å². The van der Waals surface area contributed by atoms with E-state index in [4.69, 9.17) is 0 Å². The molecule has 4 rings (SSSR count). The number of nitrogens with zero attached hydrogens (tertiary/aromatic N) is 4. The number of anilines is 1. The minimum absolute atomic E-state index is 0.0974. The number of carbonyl (C=O) groups excluding carboxylic acids is 1. The van der Waals surface area contributed by atoms with Gasteiger partial charge >= 0.3 is 6.18 Å². The van der Waals surface area contributed by atoms with Crippen molar-refractivity contribution in [1.29, 1.82) is 0 Å². The van der Waals surface area contributed by atoms with Gasteiger partial charge in [0.05, 0.1) is 29.0 Å². The molecule has 0 aliphatic heterocycles. The monoisotopic (exact) mass is 455 g/mol. The van der Waals surface area contributed by atoms with Gasteiger partial charge in [-0.2, -0.15) is 13.2 Å². The average Bonchev–Trinajstić information content (AvgIpc) is 3.33. The van der Waals surface area contributed by atoms with Crippen LogP contribution in [0.3, 0.4) is 0 Å². The molecule has 10 heteroatoms. The Bertz CT molecular complexity index is 1190. The van der Waals surface area contributed by atoms with Crippen molar-refractivity contribution >= 4 is 23.4 Å².